The quantitative estimate of drug-likeness (QED) is 0.642. The Bertz CT molecular complexity index is 364. The van der Waals surface area contributed by atoms with Crippen LogP contribution in [0, 0.1) is 11.3 Å². The fourth-order valence-electron chi connectivity index (χ4n) is 0.994. The summed E-state index contributed by atoms with van der Waals surface area (Å²) in [6.45, 7) is 3.14. The molecule has 0 unspecified atom stereocenters. The van der Waals surface area contributed by atoms with Crippen LogP contribution in [0.15, 0.2) is 30.1 Å². The van der Waals surface area contributed by atoms with Gasteiger partial charge in [0.2, 0.25) is 0 Å². The normalized spacial score (nSPS) is 11.8. The van der Waals surface area contributed by atoms with Gasteiger partial charge in [0.25, 0.3) is 0 Å². The van der Waals surface area contributed by atoms with Crippen molar-refractivity contribution in [1.29, 1.82) is 5.26 Å². The molecule has 1 nitrogen and oxygen atoms in total. The molecule has 0 aromatic heterocycles. The van der Waals surface area contributed by atoms with Crippen LogP contribution in [0.5, 0.6) is 0 Å². The number of allylic oxidation sites excluding steroid dienone is 2. The summed E-state index contributed by atoms with van der Waals surface area (Å²) in [6, 6.07) is 8.87. The summed E-state index contributed by atoms with van der Waals surface area (Å²) >= 11 is 0. The van der Waals surface area contributed by atoms with E-state index in [2.05, 4.69) is 0 Å². The first kappa shape index (κ1) is 9.47. The summed E-state index contributed by atoms with van der Waals surface area (Å²) in [7, 11) is 0. The van der Waals surface area contributed by atoms with Crippen molar-refractivity contribution >= 4 is 5.57 Å². The minimum absolute atomic E-state index is 0.190. The molecule has 13 heavy (non-hydrogen) atoms. The topological polar surface area (TPSA) is 23.8 Å². The zero-order valence-corrected chi connectivity index (χ0v) is 7.63. The maximum atomic E-state index is 12.8. The molecule has 0 bridgehead atoms. The molecule has 0 aliphatic carbocycles. The summed E-state index contributed by atoms with van der Waals surface area (Å²) in [5.41, 5.74) is 2.02. The molecule has 0 amide bonds. The molecule has 0 atom stereocenters. The number of rotatable bonds is 1. The number of hydrogen-bond donors (Lipinski definition) is 0. The minimum Gasteiger partial charge on any atom is -0.212 e. The Morgan fingerprint density at radius 1 is 1.23 bits per heavy atom. The molecule has 0 spiro atoms. The van der Waals surface area contributed by atoms with Crippen molar-refractivity contribution in [3.8, 4) is 6.07 Å². The molecule has 0 saturated carbocycles. The largest absolute Gasteiger partial charge is 0.212 e. The average Bonchev–Trinajstić information content (AvgIpc) is 2.17. The lowest BCUT2D eigenvalue weighted by molar-refractivity contribution is 0.643. The molecular formula is C11H10FN. The summed E-state index contributed by atoms with van der Waals surface area (Å²) in [4.78, 5) is 0. The van der Waals surface area contributed by atoms with Crippen molar-refractivity contribution in [3.63, 3.8) is 0 Å². The van der Waals surface area contributed by atoms with Crippen LogP contribution < -0.4 is 0 Å². The summed E-state index contributed by atoms with van der Waals surface area (Å²) in [5, 5.41) is 8.54. The third-order valence-corrected chi connectivity index (χ3v) is 1.96. The molecule has 2 heteroatoms. The number of nitriles is 1. The molecule has 0 fully saturated rings. The average molecular weight is 175 g/mol. The standard InChI is InChI=1S/C11H10FN/c1-8(9(2)12)11-5-3-10(7-13)4-6-11/h3-6H,1-2H3/b9-8-. The molecule has 0 heterocycles. The van der Waals surface area contributed by atoms with E-state index in [4.69, 9.17) is 5.26 Å². The highest BCUT2D eigenvalue weighted by atomic mass is 19.1. The highest BCUT2D eigenvalue weighted by molar-refractivity contribution is 5.65. The Kier molecular flexibility index (Phi) is 2.81. The van der Waals surface area contributed by atoms with E-state index in [0.29, 0.717) is 11.1 Å². The second kappa shape index (κ2) is 3.86. The van der Waals surface area contributed by atoms with Gasteiger partial charge in [-0.2, -0.15) is 5.26 Å². The van der Waals surface area contributed by atoms with E-state index in [1.54, 1.807) is 31.2 Å². The summed E-state index contributed by atoms with van der Waals surface area (Å²) < 4.78 is 12.8. The second-order valence-electron chi connectivity index (χ2n) is 2.85. The van der Waals surface area contributed by atoms with E-state index in [0.717, 1.165) is 5.56 Å². The van der Waals surface area contributed by atoms with Gasteiger partial charge in [0.1, 0.15) is 5.83 Å². The van der Waals surface area contributed by atoms with Crippen molar-refractivity contribution in [2.75, 3.05) is 0 Å². The van der Waals surface area contributed by atoms with Gasteiger partial charge in [-0.15, -0.1) is 0 Å². The van der Waals surface area contributed by atoms with Crippen LogP contribution in [0.3, 0.4) is 0 Å². The lowest BCUT2D eigenvalue weighted by Gasteiger charge is -2.00. The van der Waals surface area contributed by atoms with Crippen molar-refractivity contribution in [2.24, 2.45) is 0 Å². The van der Waals surface area contributed by atoms with Crippen molar-refractivity contribution in [3.05, 3.63) is 41.2 Å². The maximum Gasteiger partial charge on any atom is 0.100 e. The van der Waals surface area contributed by atoms with Crippen molar-refractivity contribution < 1.29 is 4.39 Å². The predicted octanol–water partition coefficient (Wildman–Crippen LogP) is 3.28. The fourth-order valence-corrected chi connectivity index (χ4v) is 0.994. The van der Waals surface area contributed by atoms with Gasteiger partial charge in [-0.1, -0.05) is 12.1 Å². The molecular weight excluding hydrogens is 165 g/mol. The van der Waals surface area contributed by atoms with Gasteiger partial charge in [-0.3, -0.25) is 0 Å². The van der Waals surface area contributed by atoms with Gasteiger partial charge < -0.3 is 0 Å². The Morgan fingerprint density at radius 2 is 1.77 bits per heavy atom. The van der Waals surface area contributed by atoms with E-state index in [-0.39, 0.29) is 5.83 Å². The molecule has 1 aromatic carbocycles. The van der Waals surface area contributed by atoms with Crippen LogP contribution in [0.1, 0.15) is 25.0 Å². The highest BCUT2D eigenvalue weighted by Crippen LogP contribution is 2.18. The van der Waals surface area contributed by atoms with Crippen LogP contribution in [0.4, 0.5) is 4.39 Å². The highest BCUT2D eigenvalue weighted by Gasteiger charge is 1.99. The van der Waals surface area contributed by atoms with E-state index < -0.39 is 0 Å². The zero-order valence-electron chi connectivity index (χ0n) is 7.63. The van der Waals surface area contributed by atoms with E-state index in [9.17, 15) is 4.39 Å². The smallest absolute Gasteiger partial charge is 0.100 e. The number of benzene rings is 1. The molecule has 0 radical (unpaired) electrons. The van der Waals surface area contributed by atoms with E-state index in [1.165, 1.54) is 6.92 Å². The van der Waals surface area contributed by atoms with Gasteiger partial charge in [-0.25, -0.2) is 4.39 Å². The SMILES string of the molecule is C/C(F)=C(\C)c1ccc(C#N)cc1. The molecule has 0 aliphatic rings. The van der Waals surface area contributed by atoms with Gasteiger partial charge in [0.05, 0.1) is 11.6 Å². The van der Waals surface area contributed by atoms with Crippen molar-refractivity contribution in [1.82, 2.24) is 0 Å². The third-order valence-electron chi connectivity index (χ3n) is 1.96. The summed E-state index contributed by atoms with van der Waals surface area (Å²) in [5.74, 6) is -0.190. The molecule has 0 saturated heterocycles. The second-order valence-corrected chi connectivity index (χ2v) is 2.85. The molecule has 66 valence electrons. The zero-order chi connectivity index (χ0) is 9.84. The maximum absolute atomic E-state index is 12.8. The first-order chi connectivity index (χ1) is 6.15. The van der Waals surface area contributed by atoms with Gasteiger partial charge in [0, 0.05) is 0 Å². The Labute approximate surface area is 77.1 Å². The first-order valence-corrected chi connectivity index (χ1v) is 3.98. The Hall–Kier alpha value is -1.62. The van der Waals surface area contributed by atoms with Crippen LogP contribution >= 0.6 is 0 Å². The lowest BCUT2D eigenvalue weighted by Crippen LogP contribution is -1.82. The number of halogens is 1. The first-order valence-electron chi connectivity index (χ1n) is 3.98. The van der Waals surface area contributed by atoms with Gasteiger partial charge in [0.15, 0.2) is 0 Å². The third kappa shape index (κ3) is 2.16. The fraction of sp³-hybridized carbons (Fsp3) is 0.182. The summed E-state index contributed by atoms with van der Waals surface area (Å²) in [6.07, 6.45) is 0. The Morgan fingerprint density at radius 3 is 2.15 bits per heavy atom. The monoisotopic (exact) mass is 175 g/mol. The van der Waals surface area contributed by atoms with Gasteiger partial charge in [-0.05, 0) is 37.1 Å². The molecule has 1 aromatic rings. The van der Waals surface area contributed by atoms with Crippen LogP contribution in [0.25, 0.3) is 5.57 Å². The van der Waals surface area contributed by atoms with E-state index >= 15 is 0 Å². The Balaban J connectivity index is 3.08. The van der Waals surface area contributed by atoms with Crippen LogP contribution in [-0.4, -0.2) is 0 Å². The van der Waals surface area contributed by atoms with E-state index in [1.807, 2.05) is 6.07 Å². The molecule has 0 N–H and O–H groups in total. The van der Waals surface area contributed by atoms with Crippen LogP contribution in [0.2, 0.25) is 0 Å². The molecule has 0 aliphatic heterocycles. The van der Waals surface area contributed by atoms with Crippen molar-refractivity contribution in [2.45, 2.75) is 13.8 Å². The molecule has 1 rings (SSSR count). The minimum atomic E-state index is -0.190. The van der Waals surface area contributed by atoms with Gasteiger partial charge >= 0.3 is 0 Å². The number of hydrogen-bond acceptors (Lipinski definition) is 1. The lowest BCUT2D eigenvalue weighted by atomic mass is 10.1. The predicted molar refractivity (Wildman–Crippen MR) is 50.5 cm³/mol. The van der Waals surface area contributed by atoms with Crippen LogP contribution in [-0.2, 0) is 0 Å². The number of nitrogens with zero attached hydrogens (tertiary/aromatic N) is 1.